The molecule has 1 unspecified atom stereocenters. The maximum Gasteiger partial charge on any atom is 0.191 e. The Morgan fingerprint density at radius 1 is 1.33 bits per heavy atom. The fourth-order valence-electron chi connectivity index (χ4n) is 2.58. The second kappa shape index (κ2) is 12.3. The lowest BCUT2D eigenvalue weighted by Crippen LogP contribution is -2.43. The third-order valence-corrected chi connectivity index (χ3v) is 5.40. The van der Waals surface area contributed by atoms with Crippen molar-refractivity contribution in [3.8, 4) is 0 Å². The number of guanidine groups is 1. The van der Waals surface area contributed by atoms with Gasteiger partial charge in [0.05, 0.1) is 5.01 Å². The number of nitrogens with zero attached hydrogens (tertiary/aromatic N) is 3. The van der Waals surface area contributed by atoms with Crippen molar-refractivity contribution in [2.24, 2.45) is 4.99 Å². The summed E-state index contributed by atoms with van der Waals surface area (Å²) < 4.78 is 0. The molecule has 1 aromatic rings. The molecule has 0 spiro atoms. The largest absolute Gasteiger partial charge is 0.356 e. The predicted octanol–water partition coefficient (Wildman–Crippen LogP) is 2.92. The van der Waals surface area contributed by atoms with E-state index in [0.29, 0.717) is 6.04 Å². The molecule has 5 nitrogen and oxygen atoms in total. The minimum Gasteiger partial charge on any atom is -0.356 e. The number of rotatable bonds is 11. The minimum atomic E-state index is 0.429. The fourth-order valence-corrected chi connectivity index (χ4v) is 3.44. The number of hydrogen-bond donors (Lipinski definition) is 2. The van der Waals surface area contributed by atoms with Crippen LogP contribution in [0.3, 0.4) is 0 Å². The second-order valence-electron chi connectivity index (χ2n) is 6.04. The molecular formula is C18H35N5S. The SMILES string of the molecule is CCc1cnc(CCNC(=NC)NC(C)CCCN(CC)CC)s1. The smallest absolute Gasteiger partial charge is 0.191 e. The minimum absolute atomic E-state index is 0.429. The van der Waals surface area contributed by atoms with Gasteiger partial charge in [-0.1, -0.05) is 20.8 Å². The second-order valence-corrected chi connectivity index (χ2v) is 7.24. The molecule has 24 heavy (non-hydrogen) atoms. The van der Waals surface area contributed by atoms with Crippen molar-refractivity contribution in [2.75, 3.05) is 33.2 Å². The van der Waals surface area contributed by atoms with Crippen molar-refractivity contribution < 1.29 is 0 Å². The standard InChI is InChI=1S/C18H35N5S/c1-6-16-14-21-17(24-16)11-12-20-18(19-5)22-15(4)10-9-13-23(7-2)8-3/h14-15H,6-13H2,1-5H3,(H2,19,20,22). The Kier molecular flexibility index (Phi) is 10.7. The molecule has 0 amide bonds. The first-order valence-corrected chi connectivity index (χ1v) is 10.1. The summed E-state index contributed by atoms with van der Waals surface area (Å²) >= 11 is 1.81. The molecule has 138 valence electrons. The van der Waals surface area contributed by atoms with Crippen LogP contribution in [0, 0.1) is 0 Å². The van der Waals surface area contributed by atoms with Crippen molar-refractivity contribution in [3.63, 3.8) is 0 Å². The van der Waals surface area contributed by atoms with Crippen LogP contribution in [-0.2, 0) is 12.8 Å². The summed E-state index contributed by atoms with van der Waals surface area (Å²) in [6.45, 7) is 13.2. The van der Waals surface area contributed by atoms with E-state index in [9.17, 15) is 0 Å². The van der Waals surface area contributed by atoms with E-state index in [1.807, 2.05) is 24.6 Å². The van der Waals surface area contributed by atoms with E-state index in [1.165, 1.54) is 22.9 Å². The molecule has 1 heterocycles. The zero-order chi connectivity index (χ0) is 17.8. The van der Waals surface area contributed by atoms with E-state index in [0.717, 1.165) is 44.9 Å². The Hall–Kier alpha value is -1.14. The van der Waals surface area contributed by atoms with Gasteiger partial charge in [0, 0.05) is 37.1 Å². The molecule has 2 N–H and O–H groups in total. The van der Waals surface area contributed by atoms with E-state index in [2.05, 4.69) is 53.2 Å². The van der Waals surface area contributed by atoms with Gasteiger partial charge >= 0.3 is 0 Å². The monoisotopic (exact) mass is 353 g/mol. The zero-order valence-electron chi connectivity index (χ0n) is 16.1. The van der Waals surface area contributed by atoms with Gasteiger partial charge in [-0.25, -0.2) is 4.98 Å². The molecule has 0 bridgehead atoms. The lowest BCUT2D eigenvalue weighted by Gasteiger charge is -2.21. The molecule has 0 aliphatic rings. The van der Waals surface area contributed by atoms with Gasteiger partial charge in [-0.15, -0.1) is 11.3 Å². The Morgan fingerprint density at radius 2 is 2.08 bits per heavy atom. The number of aryl methyl sites for hydroxylation is 1. The number of thiazole rings is 1. The summed E-state index contributed by atoms with van der Waals surface area (Å²) in [6, 6.07) is 0.429. The van der Waals surface area contributed by atoms with E-state index in [1.54, 1.807) is 0 Å². The zero-order valence-corrected chi connectivity index (χ0v) is 16.9. The Balaban J connectivity index is 2.23. The van der Waals surface area contributed by atoms with Gasteiger partial charge in [0.25, 0.3) is 0 Å². The highest BCUT2D eigenvalue weighted by Crippen LogP contribution is 2.13. The number of hydrogen-bond acceptors (Lipinski definition) is 4. The van der Waals surface area contributed by atoms with Gasteiger partial charge in [0.1, 0.15) is 0 Å². The van der Waals surface area contributed by atoms with Gasteiger partial charge in [0.2, 0.25) is 0 Å². The van der Waals surface area contributed by atoms with Crippen LogP contribution < -0.4 is 10.6 Å². The maximum atomic E-state index is 4.46. The van der Waals surface area contributed by atoms with Crippen LogP contribution in [0.15, 0.2) is 11.2 Å². The van der Waals surface area contributed by atoms with Gasteiger partial charge in [-0.2, -0.15) is 0 Å². The van der Waals surface area contributed by atoms with Crippen molar-refractivity contribution in [2.45, 2.75) is 59.4 Å². The van der Waals surface area contributed by atoms with Crippen LogP contribution in [-0.4, -0.2) is 55.1 Å². The molecule has 0 saturated carbocycles. The van der Waals surface area contributed by atoms with Gasteiger partial charge in [0.15, 0.2) is 5.96 Å². The first-order chi connectivity index (χ1) is 11.6. The van der Waals surface area contributed by atoms with Crippen LogP contribution in [0.5, 0.6) is 0 Å². The highest BCUT2D eigenvalue weighted by molar-refractivity contribution is 7.11. The molecule has 0 radical (unpaired) electrons. The quantitative estimate of drug-likeness (QED) is 0.474. The van der Waals surface area contributed by atoms with E-state index in [4.69, 9.17) is 0 Å². The number of nitrogens with one attached hydrogen (secondary N) is 2. The van der Waals surface area contributed by atoms with Crippen molar-refractivity contribution in [3.05, 3.63) is 16.1 Å². The molecule has 1 rings (SSSR count). The summed E-state index contributed by atoms with van der Waals surface area (Å²) in [4.78, 5) is 12.6. The normalized spacial score (nSPS) is 13.3. The lowest BCUT2D eigenvalue weighted by molar-refractivity contribution is 0.292. The molecule has 0 saturated heterocycles. The molecular weight excluding hydrogens is 318 g/mol. The molecule has 0 aromatic carbocycles. The summed E-state index contributed by atoms with van der Waals surface area (Å²) in [7, 11) is 1.83. The van der Waals surface area contributed by atoms with Crippen LogP contribution in [0.2, 0.25) is 0 Å². The summed E-state index contributed by atoms with van der Waals surface area (Å²) in [5.41, 5.74) is 0. The van der Waals surface area contributed by atoms with Crippen molar-refractivity contribution in [1.29, 1.82) is 0 Å². The Bertz CT molecular complexity index is 468. The Morgan fingerprint density at radius 3 is 2.67 bits per heavy atom. The van der Waals surface area contributed by atoms with Crippen LogP contribution in [0.25, 0.3) is 0 Å². The van der Waals surface area contributed by atoms with Crippen LogP contribution >= 0.6 is 11.3 Å². The molecule has 0 fully saturated rings. The Labute approximate surface area is 152 Å². The fraction of sp³-hybridized carbons (Fsp3) is 0.778. The topological polar surface area (TPSA) is 52.6 Å². The first kappa shape index (κ1) is 20.9. The van der Waals surface area contributed by atoms with Crippen LogP contribution in [0.1, 0.15) is 50.4 Å². The van der Waals surface area contributed by atoms with E-state index in [-0.39, 0.29) is 0 Å². The molecule has 1 aromatic heterocycles. The first-order valence-electron chi connectivity index (χ1n) is 9.25. The molecule has 0 aliphatic heterocycles. The molecule has 0 aliphatic carbocycles. The van der Waals surface area contributed by atoms with Gasteiger partial charge in [-0.3, -0.25) is 4.99 Å². The third-order valence-electron chi connectivity index (χ3n) is 4.19. The number of aromatic nitrogens is 1. The average molecular weight is 354 g/mol. The van der Waals surface area contributed by atoms with Crippen molar-refractivity contribution >= 4 is 17.3 Å². The predicted molar refractivity (Wildman–Crippen MR) is 106 cm³/mol. The highest BCUT2D eigenvalue weighted by Gasteiger charge is 2.07. The van der Waals surface area contributed by atoms with E-state index >= 15 is 0 Å². The molecule has 1 atom stereocenters. The maximum absolute atomic E-state index is 4.46. The summed E-state index contributed by atoms with van der Waals surface area (Å²) in [5, 5.41) is 8.07. The number of aliphatic imine (C=N–C) groups is 1. The van der Waals surface area contributed by atoms with Gasteiger partial charge < -0.3 is 15.5 Å². The highest BCUT2D eigenvalue weighted by atomic mass is 32.1. The summed E-state index contributed by atoms with van der Waals surface area (Å²) in [5.74, 6) is 0.887. The van der Waals surface area contributed by atoms with Gasteiger partial charge in [-0.05, 0) is 45.8 Å². The lowest BCUT2D eigenvalue weighted by atomic mass is 10.2. The average Bonchev–Trinajstić information content (AvgIpc) is 3.05. The van der Waals surface area contributed by atoms with E-state index < -0.39 is 0 Å². The summed E-state index contributed by atoms with van der Waals surface area (Å²) in [6.07, 6.45) is 6.38. The van der Waals surface area contributed by atoms with Crippen LogP contribution in [0.4, 0.5) is 0 Å². The third kappa shape index (κ3) is 8.11. The van der Waals surface area contributed by atoms with Crippen molar-refractivity contribution in [1.82, 2.24) is 20.5 Å². The molecule has 6 heteroatoms.